The van der Waals surface area contributed by atoms with Gasteiger partial charge in [-0.15, -0.1) is 0 Å². The molecule has 2 aromatic rings. The van der Waals surface area contributed by atoms with Crippen molar-refractivity contribution in [3.63, 3.8) is 0 Å². The van der Waals surface area contributed by atoms with Gasteiger partial charge >= 0.3 is 5.97 Å². The standard InChI is InChI=1S/C16H13NO3/c18-15-13-7-11(6-10-4-2-1-3-5-10)14(16(19)20)8-12(13)9-17-15/h1-5,7-8H,6,9H2,(H,17,18)(H,19,20). The minimum absolute atomic E-state index is 0.133. The lowest BCUT2D eigenvalue weighted by molar-refractivity contribution is 0.0695. The van der Waals surface area contributed by atoms with E-state index in [1.165, 1.54) is 0 Å². The van der Waals surface area contributed by atoms with Crippen LogP contribution in [0.1, 0.15) is 37.4 Å². The largest absolute Gasteiger partial charge is 0.478 e. The molecule has 2 aromatic carbocycles. The molecule has 4 heteroatoms. The number of carboxylic acid groups (broad SMARTS) is 1. The van der Waals surface area contributed by atoms with Crippen molar-refractivity contribution in [2.75, 3.05) is 0 Å². The molecule has 1 aliphatic rings. The van der Waals surface area contributed by atoms with Crippen molar-refractivity contribution in [3.05, 3.63) is 70.3 Å². The first-order chi connectivity index (χ1) is 9.65. The number of benzene rings is 2. The van der Waals surface area contributed by atoms with E-state index in [9.17, 15) is 14.7 Å². The molecular weight excluding hydrogens is 254 g/mol. The average Bonchev–Trinajstić information content (AvgIpc) is 2.80. The fourth-order valence-corrected chi connectivity index (χ4v) is 2.48. The van der Waals surface area contributed by atoms with Crippen LogP contribution in [0.4, 0.5) is 0 Å². The van der Waals surface area contributed by atoms with E-state index in [-0.39, 0.29) is 11.5 Å². The monoisotopic (exact) mass is 267 g/mol. The van der Waals surface area contributed by atoms with Gasteiger partial charge in [-0.25, -0.2) is 4.79 Å². The number of carbonyl (C=O) groups is 2. The van der Waals surface area contributed by atoms with Crippen LogP contribution in [0.15, 0.2) is 42.5 Å². The highest BCUT2D eigenvalue weighted by atomic mass is 16.4. The molecule has 1 heterocycles. The predicted octanol–water partition coefficient (Wildman–Crippen LogP) is 2.22. The molecule has 0 fully saturated rings. The number of carboxylic acids is 1. The number of rotatable bonds is 3. The van der Waals surface area contributed by atoms with E-state index in [1.807, 2.05) is 30.3 Å². The Morgan fingerprint density at radius 2 is 1.95 bits per heavy atom. The van der Waals surface area contributed by atoms with Crippen molar-refractivity contribution < 1.29 is 14.7 Å². The van der Waals surface area contributed by atoms with E-state index in [2.05, 4.69) is 5.32 Å². The van der Waals surface area contributed by atoms with E-state index in [0.717, 1.165) is 11.1 Å². The van der Waals surface area contributed by atoms with E-state index in [0.29, 0.717) is 24.1 Å². The summed E-state index contributed by atoms with van der Waals surface area (Å²) < 4.78 is 0. The summed E-state index contributed by atoms with van der Waals surface area (Å²) in [6, 6.07) is 12.9. The molecule has 3 rings (SSSR count). The summed E-state index contributed by atoms with van der Waals surface area (Å²) >= 11 is 0. The summed E-state index contributed by atoms with van der Waals surface area (Å²) in [5.74, 6) is -1.09. The third-order valence-corrected chi connectivity index (χ3v) is 3.48. The first kappa shape index (κ1) is 12.4. The van der Waals surface area contributed by atoms with Gasteiger partial charge in [0.25, 0.3) is 5.91 Å². The topological polar surface area (TPSA) is 66.4 Å². The van der Waals surface area contributed by atoms with Crippen LogP contribution in [0.3, 0.4) is 0 Å². The number of hydrogen-bond acceptors (Lipinski definition) is 2. The van der Waals surface area contributed by atoms with Crippen LogP contribution in [0.25, 0.3) is 0 Å². The number of hydrogen-bond donors (Lipinski definition) is 2. The van der Waals surface area contributed by atoms with Crippen molar-refractivity contribution >= 4 is 11.9 Å². The van der Waals surface area contributed by atoms with Crippen LogP contribution in [0.5, 0.6) is 0 Å². The van der Waals surface area contributed by atoms with Gasteiger partial charge in [0, 0.05) is 12.1 Å². The molecule has 2 N–H and O–H groups in total. The second-order valence-electron chi connectivity index (χ2n) is 4.82. The summed E-state index contributed by atoms with van der Waals surface area (Å²) in [5.41, 5.74) is 3.29. The molecule has 0 saturated heterocycles. The van der Waals surface area contributed by atoms with Crippen molar-refractivity contribution in [3.8, 4) is 0 Å². The summed E-state index contributed by atoms with van der Waals surface area (Å²) in [6.45, 7) is 0.403. The second-order valence-corrected chi connectivity index (χ2v) is 4.82. The van der Waals surface area contributed by atoms with Crippen LogP contribution < -0.4 is 5.32 Å². The molecule has 0 radical (unpaired) electrons. The molecular formula is C16H13NO3. The zero-order valence-electron chi connectivity index (χ0n) is 10.7. The van der Waals surface area contributed by atoms with Crippen molar-refractivity contribution in [2.24, 2.45) is 0 Å². The lowest BCUT2D eigenvalue weighted by atomic mass is 9.95. The Morgan fingerprint density at radius 3 is 2.65 bits per heavy atom. The third-order valence-electron chi connectivity index (χ3n) is 3.48. The van der Waals surface area contributed by atoms with E-state index >= 15 is 0 Å². The summed E-state index contributed by atoms with van der Waals surface area (Å²) in [4.78, 5) is 23.1. The molecule has 0 aliphatic carbocycles. The Balaban J connectivity index is 2.07. The Kier molecular flexibility index (Phi) is 2.99. The van der Waals surface area contributed by atoms with Gasteiger partial charge in [-0.2, -0.15) is 0 Å². The molecule has 0 bridgehead atoms. The van der Waals surface area contributed by atoms with Crippen LogP contribution in [0, 0.1) is 0 Å². The molecule has 0 spiro atoms. The molecule has 1 amide bonds. The fourth-order valence-electron chi connectivity index (χ4n) is 2.48. The average molecular weight is 267 g/mol. The van der Waals surface area contributed by atoms with Gasteiger partial charge in [0.2, 0.25) is 0 Å². The number of fused-ring (bicyclic) bond motifs is 1. The first-order valence-electron chi connectivity index (χ1n) is 6.36. The van der Waals surface area contributed by atoms with Crippen molar-refractivity contribution in [1.29, 1.82) is 0 Å². The van der Waals surface area contributed by atoms with Gasteiger partial charge in [0.1, 0.15) is 0 Å². The molecule has 0 atom stereocenters. The Labute approximate surface area is 116 Å². The van der Waals surface area contributed by atoms with Crippen LogP contribution >= 0.6 is 0 Å². The fraction of sp³-hybridized carbons (Fsp3) is 0.125. The Hall–Kier alpha value is -2.62. The quantitative estimate of drug-likeness (QED) is 0.896. The Bertz CT molecular complexity index is 692. The van der Waals surface area contributed by atoms with Gasteiger partial charge < -0.3 is 10.4 Å². The third kappa shape index (κ3) is 2.16. The maximum Gasteiger partial charge on any atom is 0.335 e. The van der Waals surface area contributed by atoms with Crippen molar-refractivity contribution in [1.82, 2.24) is 5.32 Å². The molecule has 0 unspecified atom stereocenters. The van der Waals surface area contributed by atoms with Gasteiger partial charge in [0.05, 0.1) is 5.56 Å². The van der Waals surface area contributed by atoms with E-state index in [1.54, 1.807) is 12.1 Å². The van der Waals surface area contributed by atoms with E-state index < -0.39 is 5.97 Å². The van der Waals surface area contributed by atoms with Gasteiger partial charge in [-0.05, 0) is 35.2 Å². The summed E-state index contributed by atoms with van der Waals surface area (Å²) in [5, 5.41) is 12.0. The molecule has 0 aromatic heterocycles. The zero-order valence-corrected chi connectivity index (χ0v) is 10.7. The minimum atomic E-state index is -0.960. The smallest absolute Gasteiger partial charge is 0.335 e. The van der Waals surface area contributed by atoms with Gasteiger partial charge in [-0.3, -0.25) is 4.79 Å². The normalized spacial score (nSPS) is 12.9. The molecule has 4 nitrogen and oxygen atoms in total. The predicted molar refractivity (Wildman–Crippen MR) is 73.8 cm³/mol. The van der Waals surface area contributed by atoms with E-state index in [4.69, 9.17) is 0 Å². The molecule has 100 valence electrons. The Morgan fingerprint density at radius 1 is 1.20 bits per heavy atom. The molecule has 20 heavy (non-hydrogen) atoms. The molecule has 0 saturated carbocycles. The number of aromatic carboxylic acids is 1. The number of nitrogens with one attached hydrogen (secondary N) is 1. The van der Waals surface area contributed by atoms with Gasteiger partial charge in [-0.1, -0.05) is 30.3 Å². The minimum Gasteiger partial charge on any atom is -0.478 e. The van der Waals surface area contributed by atoms with Crippen LogP contribution in [0.2, 0.25) is 0 Å². The second kappa shape index (κ2) is 4.81. The maximum absolute atomic E-state index is 11.7. The summed E-state index contributed by atoms with van der Waals surface area (Å²) in [7, 11) is 0. The lowest BCUT2D eigenvalue weighted by Gasteiger charge is -2.09. The highest BCUT2D eigenvalue weighted by Crippen LogP contribution is 2.23. The first-order valence-corrected chi connectivity index (χ1v) is 6.36. The number of amides is 1. The van der Waals surface area contributed by atoms with Crippen LogP contribution in [-0.4, -0.2) is 17.0 Å². The zero-order chi connectivity index (χ0) is 14.1. The highest BCUT2D eigenvalue weighted by Gasteiger charge is 2.23. The van der Waals surface area contributed by atoms with Gasteiger partial charge in [0.15, 0.2) is 0 Å². The highest BCUT2D eigenvalue weighted by molar-refractivity contribution is 6.00. The van der Waals surface area contributed by atoms with Crippen molar-refractivity contribution in [2.45, 2.75) is 13.0 Å². The molecule has 1 aliphatic heterocycles. The lowest BCUT2D eigenvalue weighted by Crippen LogP contribution is -2.12. The SMILES string of the molecule is O=C(O)c1cc2c(cc1Cc1ccccc1)C(=O)NC2. The van der Waals surface area contributed by atoms with Crippen LogP contribution in [-0.2, 0) is 13.0 Å². The summed E-state index contributed by atoms with van der Waals surface area (Å²) in [6.07, 6.45) is 0.503. The maximum atomic E-state index is 11.7. The number of carbonyl (C=O) groups excluding carboxylic acids is 1.